The molecule has 2 N–H and O–H groups in total. The van der Waals surface area contributed by atoms with Crippen molar-refractivity contribution >= 4 is 11.7 Å². The molecule has 0 radical (unpaired) electrons. The maximum atomic E-state index is 12.2. The summed E-state index contributed by atoms with van der Waals surface area (Å²) in [7, 11) is 0. The van der Waals surface area contributed by atoms with Gasteiger partial charge in [0, 0.05) is 18.5 Å². The molecule has 2 heterocycles. The highest BCUT2D eigenvalue weighted by molar-refractivity contribution is 5.95. The van der Waals surface area contributed by atoms with Gasteiger partial charge in [0.15, 0.2) is 17.4 Å². The van der Waals surface area contributed by atoms with E-state index in [4.69, 9.17) is 4.74 Å². The molecule has 0 aromatic carbocycles. The van der Waals surface area contributed by atoms with Gasteiger partial charge in [-0.1, -0.05) is 19.1 Å². The number of aryl methyl sites for hydroxylation is 1. The van der Waals surface area contributed by atoms with Crippen molar-refractivity contribution in [2.75, 3.05) is 11.9 Å². The van der Waals surface area contributed by atoms with Gasteiger partial charge in [0.1, 0.15) is 0 Å². The van der Waals surface area contributed by atoms with E-state index < -0.39 is 0 Å². The lowest BCUT2D eigenvalue weighted by Crippen LogP contribution is -2.18. The molecule has 8 nitrogen and oxygen atoms in total. The molecule has 1 amide bonds. The molecular weight excluding hydrogens is 296 g/mol. The predicted molar refractivity (Wildman–Crippen MR) is 82.7 cm³/mol. The summed E-state index contributed by atoms with van der Waals surface area (Å²) in [6.07, 6.45) is 3.97. The molecule has 1 aliphatic rings. The molecule has 0 bridgehead atoms. The van der Waals surface area contributed by atoms with Crippen LogP contribution in [0.25, 0.3) is 0 Å². The van der Waals surface area contributed by atoms with E-state index in [1.54, 1.807) is 18.3 Å². The van der Waals surface area contributed by atoms with E-state index in [1.165, 1.54) is 0 Å². The minimum Gasteiger partial charge on any atom is -0.490 e. The molecule has 1 atom stereocenters. The molecule has 23 heavy (non-hydrogen) atoms. The van der Waals surface area contributed by atoms with E-state index in [9.17, 15) is 4.79 Å². The van der Waals surface area contributed by atoms with Gasteiger partial charge < -0.3 is 10.1 Å². The third-order valence-corrected chi connectivity index (χ3v) is 4.03. The van der Waals surface area contributed by atoms with E-state index in [0.717, 1.165) is 12.8 Å². The molecule has 0 aliphatic heterocycles. The second-order valence-electron chi connectivity index (χ2n) is 6.36. The summed E-state index contributed by atoms with van der Waals surface area (Å²) in [6.45, 7) is 4.66. The third kappa shape index (κ3) is 3.82. The zero-order chi connectivity index (χ0) is 16.3. The van der Waals surface area contributed by atoms with E-state index >= 15 is 0 Å². The predicted octanol–water partition coefficient (Wildman–Crippen LogP) is 1.59. The van der Waals surface area contributed by atoms with Crippen molar-refractivity contribution in [3.63, 3.8) is 0 Å². The van der Waals surface area contributed by atoms with Gasteiger partial charge in [-0.2, -0.15) is 5.21 Å². The number of anilines is 1. The Morgan fingerprint density at radius 2 is 2.35 bits per heavy atom. The van der Waals surface area contributed by atoms with Crippen LogP contribution in [-0.2, 0) is 11.2 Å². The number of H-pyrrole nitrogens is 1. The van der Waals surface area contributed by atoms with Crippen LogP contribution in [0.15, 0.2) is 18.3 Å². The number of ether oxygens (including phenoxy) is 1. The van der Waals surface area contributed by atoms with Gasteiger partial charge in [0.25, 0.3) is 0 Å². The lowest BCUT2D eigenvalue weighted by atomic mass is 10.1. The van der Waals surface area contributed by atoms with Gasteiger partial charge in [-0.25, -0.2) is 4.98 Å². The van der Waals surface area contributed by atoms with E-state index in [1.807, 2.05) is 0 Å². The topological polar surface area (TPSA) is 106 Å². The molecule has 2 aromatic heterocycles. The Hall–Kier alpha value is -2.51. The molecule has 3 rings (SSSR count). The second kappa shape index (κ2) is 6.31. The number of aromatic nitrogens is 5. The molecule has 8 heteroatoms. The first-order chi connectivity index (χ1) is 11.1. The highest BCUT2D eigenvalue weighted by Gasteiger charge is 2.50. The molecule has 122 valence electrons. The minimum absolute atomic E-state index is 0.00495. The number of amides is 1. The Morgan fingerprint density at radius 3 is 3.04 bits per heavy atom. The number of aromatic amines is 1. The van der Waals surface area contributed by atoms with Crippen molar-refractivity contribution in [2.45, 2.75) is 33.1 Å². The first kappa shape index (κ1) is 15.4. The molecule has 1 fully saturated rings. The quantitative estimate of drug-likeness (QED) is 0.751. The first-order valence-electron chi connectivity index (χ1n) is 7.67. The standard InChI is InChI=1S/C15H20N6O2/c1-15(2)9-10(15)14(22)17-13-11(5-3-7-16-13)23-8-4-6-12-18-20-21-19-12/h3,5,7,10H,4,6,8-9H2,1-2H3,(H,16,17,22)(H,18,19,20,21)/t10-/m1/s1. The molecular formula is C15H20N6O2. The minimum atomic E-state index is 0.00495. The molecule has 1 aliphatic carbocycles. The second-order valence-corrected chi connectivity index (χ2v) is 6.36. The van der Waals surface area contributed by atoms with Crippen LogP contribution in [-0.4, -0.2) is 38.1 Å². The lowest BCUT2D eigenvalue weighted by Gasteiger charge is -2.11. The van der Waals surface area contributed by atoms with Crippen molar-refractivity contribution in [2.24, 2.45) is 11.3 Å². The lowest BCUT2D eigenvalue weighted by molar-refractivity contribution is -0.118. The van der Waals surface area contributed by atoms with Crippen molar-refractivity contribution < 1.29 is 9.53 Å². The van der Waals surface area contributed by atoms with Crippen LogP contribution in [0.1, 0.15) is 32.5 Å². The molecule has 2 aromatic rings. The number of nitrogens with zero attached hydrogens (tertiary/aromatic N) is 4. The Kier molecular flexibility index (Phi) is 4.22. The number of carbonyl (C=O) groups is 1. The van der Waals surface area contributed by atoms with Gasteiger partial charge in [-0.15, -0.1) is 10.2 Å². The van der Waals surface area contributed by atoms with Gasteiger partial charge in [-0.05, 0) is 30.4 Å². The highest BCUT2D eigenvalue weighted by Crippen LogP contribution is 2.52. The molecule has 0 spiro atoms. The van der Waals surface area contributed by atoms with Crippen LogP contribution < -0.4 is 10.1 Å². The summed E-state index contributed by atoms with van der Waals surface area (Å²) in [5, 5.41) is 16.6. The SMILES string of the molecule is CC1(C)C[C@@H]1C(=O)Nc1ncccc1OCCCc1nn[nH]n1. The summed E-state index contributed by atoms with van der Waals surface area (Å²) in [5.74, 6) is 1.76. The number of rotatable bonds is 7. The number of hydrogen-bond donors (Lipinski definition) is 2. The largest absolute Gasteiger partial charge is 0.490 e. The average molecular weight is 316 g/mol. The van der Waals surface area contributed by atoms with Gasteiger partial charge in [0.05, 0.1) is 6.61 Å². The van der Waals surface area contributed by atoms with Crippen LogP contribution in [0.3, 0.4) is 0 Å². The zero-order valence-electron chi connectivity index (χ0n) is 13.2. The van der Waals surface area contributed by atoms with Crippen LogP contribution in [0.2, 0.25) is 0 Å². The van der Waals surface area contributed by atoms with Crippen LogP contribution in [0.4, 0.5) is 5.82 Å². The number of tetrazole rings is 1. The Labute approximate surface area is 134 Å². The summed E-state index contributed by atoms with van der Waals surface area (Å²) in [5.41, 5.74) is 0.0878. The average Bonchev–Trinajstić information content (AvgIpc) is 2.94. The maximum Gasteiger partial charge on any atom is 0.229 e. The number of pyridine rings is 1. The first-order valence-corrected chi connectivity index (χ1v) is 7.67. The molecule has 1 saturated carbocycles. The van der Waals surface area contributed by atoms with E-state index in [2.05, 4.69) is 44.8 Å². The summed E-state index contributed by atoms with van der Waals surface area (Å²) >= 11 is 0. The fraction of sp³-hybridized carbons (Fsp3) is 0.533. The van der Waals surface area contributed by atoms with Crippen molar-refractivity contribution in [1.29, 1.82) is 0 Å². The number of carbonyl (C=O) groups excluding carboxylic acids is 1. The van der Waals surface area contributed by atoms with Crippen molar-refractivity contribution in [1.82, 2.24) is 25.6 Å². The normalized spacial score (nSPS) is 18.4. The van der Waals surface area contributed by atoms with Crippen LogP contribution >= 0.6 is 0 Å². The smallest absolute Gasteiger partial charge is 0.229 e. The molecule has 0 unspecified atom stereocenters. The van der Waals surface area contributed by atoms with Crippen molar-refractivity contribution in [3.05, 3.63) is 24.2 Å². The maximum absolute atomic E-state index is 12.2. The van der Waals surface area contributed by atoms with Crippen LogP contribution in [0, 0.1) is 11.3 Å². The third-order valence-electron chi connectivity index (χ3n) is 4.03. The molecule has 0 saturated heterocycles. The summed E-state index contributed by atoms with van der Waals surface area (Å²) in [4.78, 5) is 16.4. The Bertz CT molecular complexity index is 670. The Morgan fingerprint density at radius 1 is 1.52 bits per heavy atom. The van der Waals surface area contributed by atoms with E-state index in [0.29, 0.717) is 30.4 Å². The fourth-order valence-electron chi connectivity index (χ4n) is 2.42. The van der Waals surface area contributed by atoms with Gasteiger partial charge in [0.2, 0.25) is 5.91 Å². The van der Waals surface area contributed by atoms with Gasteiger partial charge >= 0.3 is 0 Å². The van der Waals surface area contributed by atoms with Crippen LogP contribution in [0.5, 0.6) is 5.75 Å². The zero-order valence-corrected chi connectivity index (χ0v) is 13.2. The summed E-state index contributed by atoms with van der Waals surface area (Å²) in [6, 6.07) is 3.58. The monoisotopic (exact) mass is 316 g/mol. The van der Waals surface area contributed by atoms with Crippen molar-refractivity contribution in [3.8, 4) is 5.75 Å². The van der Waals surface area contributed by atoms with E-state index in [-0.39, 0.29) is 17.2 Å². The highest BCUT2D eigenvalue weighted by atomic mass is 16.5. The number of hydrogen-bond acceptors (Lipinski definition) is 6. The number of nitrogens with one attached hydrogen (secondary N) is 2. The Balaban J connectivity index is 1.52. The fourth-order valence-corrected chi connectivity index (χ4v) is 2.42. The van der Waals surface area contributed by atoms with Gasteiger partial charge in [-0.3, -0.25) is 4.79 Å². The summed E-state index contributed by atoms with van der Waals surface area (Å²) < 4.78 is 5.73.